The quantitative estimate of drug-likeness (QED) is 0.412. The van der Waals surface area contributed by atoms with Crippen LogP contribution in [0, 0.1) is 6.92 Å². The van der Waals surface area contributed by atoms with Gasteiger partial charge in [0.05, 0.1) is 29.3 Å². The number of carbonyl (C=O) groups excluding carboxylic acids is 3. The Balaban J connectivity index is 1.52. The van der Waals surface area contributed by atoms with Gasteiger partial charge in [-0.3, -0.25) is 19.0 Å². The zero-order valence-corrected chi connectivity index (χ0v) is 19.1. The number of para-hydroxylation sites is 1. The predicted molar refractivity (Wildman–Crippen MR) is 129 cm³/mol. The number of fused-ring (bicyclic) bond motifs is 1. The summed E-state index contributed by atoms with van der Waals surface area (Å²) in [5.41, 5.74) is 1.57. The molecule has 0 aliphatic rings. The van der Waals surface area contributed by atoms with Gasteiger partial charge in [0, 0.05) is 11.4 Å². The lowest BCUT2D eigenvalue weighted by molar-refractivity contribution is -0.116. The third-order valence-electron chi connectivity index (χ3n) is 5.06. The molecule has 4 aromatic rings. The second-order valence-electron chi connectivity index (χ2n) is 7.35. The van der Waals surface area contributed by atoms with Crippen molar-refractivity contribution in [3.05, 3.63) is 87.3 Å². The monoisotopic (exact) mass is 476 g/mol. The first kappa shape index (κ1) is 22.9. The Hall–Kier alpha value is -4.31. The van der Waals surface area contributed by atoms with Gasteiger partial charge in [0.25, 0.3) is 11.5 Å². The van der Waals surface area contributed by atoms with E-state index < -0.39 is 17.4 Å². The highest BCUT2D eigenvalue weighted by Crippen LogP contribution is 2.27. The lowest BCUT2D eigenvalue weighted by atomic mass is 10.2. The zero-order chi connectivity index (χ0) is 24.2. The molecule has 0 spiro atoms. The molecule has 10 heteroatoms. The topological polar surface area (TPSA) is 119 Å². The molecule has 0 fully saturated rings. The number of amides is 2. The number of hydrogen-bond donors (Lipinski definition) is 2. The van der Waals surface area contributed by atoms with E-state index in [9.17, 15) is 19.2 Å². The van der Waals surface area contributed by atoms with Crippen LogP contribution in [0.15, 0.2) is 65.7 Å². The van der Waals surface area contributed by atoms with Gasteiger partial charge in [-0.2, -0.15) is 0 Å². The summed E-state index contributed by atoms with van der Waals surface area (Å²) in [7, 11) is 1.29. The number of hydrogen-bond acceptors (Lipinski definition) is 7. The highest BCUT2D eigenvalue weighted by atomic mass is 32.1. The highest BCUT2D eigenvalue weighted by Gasteiger charge is 2.20. The Morgan fingerprint density at radius 2 is 1.68 bits per heavy atom. The average molecular weight is 477 g/mol. The molecule has 4 rings (SSSR count). The van der Waals surface area contributed by atoms with Crippen molar-refractivity contribution < 1.29 is 19.1 Å². The first-order valence-corrected chi connectivity index (χ1v) is 11.0. The molecule has 2 aromatic carbocycles. The molecule has 0 unspecified atom stereocenters. The molecule has 2 amide bonds. The Bertz CT molecular complexity index is 1440. The molecule has 0 aliphatic carbocycles. The van der Waals surface area contributed by atoms with Crippen molar-refractivity contribution >= 4 is 50.7 Å². The van der Waals surface area contributed by atoms with Gasteiger partial charge in [0.2, 0.25) is 5.91 Å². The number of carbonyl (C=O) groups is 3. The Morgan fingerprint density at radius 3 is 2.35 bits per heavy atom. The summed E-state index contributed by atoms with van der Waals surface area (Å²) in [5.74, 6) is -1.25. The van der Waals surface area contributed by atoms with Gasteiger partial charge in [-0.1, -0.05) is 18.2 Å². The number of anilines is 2. The van der Waals surface area contributed by atoms with Crippen molar-refractivity contribution in [3.63, 3.8) is 0 Å². The molecule has 0 bridgehead atoms. The predicted octanol–water partition coefficient (Wildman–Crippen LogP) is 3.44. The average Bonchev–Trinajstić information content (AvgIpc) is 3.18. The molecule has 34 heavy (non-hydrogen) atoms. The Kier molecular flexibility index (Phi) is 6.51. The van der Waals surface area contributed by atoms with Gasteiger partial charge < -0.3 is 15.4 Å². The van der Waals surface area contributed by atoms with Crippen LogP contribution < -0.4 is 16.2 Å². The summed E-state index contributed by atoms with van der Waals surface area (Å²) in [6.45, 7) is 1.43. The number of nitrogens with one attached hydrogen (secondary N) is 2. The van der Waals surface area contributed by atoms with Gasteiger partial charge in [-0.25, -0.2) is 9.78 Å². The first-order valence-electron chi connectivity index (χ1n) is 10.2. The molecule has 0 atom stereocenters. The van der Waals surface area contributed by atoms with Crippen LogP contribution in [-0.2, 0) is 16.1 Å². The van der Waals surface area contributed by atoms with Crippen LogP contribution in [0.1, 0.15) is 25.6 Å². The maximum Gasteiger partial charge on any atom is 0.337 e. The molecular weight excluding hydrogens is 456 g/mol. The number of methoxy groups -OCH3 is 1. The van der Waals surface area contributed by atoms with Gasteiger partial charge in [0.1, 0.15) is 11.4 Å². The highest BCUT2D eigenvalue weighted by molar-refractivity contribution is 7.20. The minimum absolute atomic E-state index is 0.263. The van der Waals surface area contributed by atoms with Crippen molar-refractivity contribution in [2.45, 2.75) is 13.5 Å². The smallest absolute Gasteiger partial charge is 0.337 e. The molecule has 2 N–H and O–H groups in total. The molecule has 0 aliphatic heterocycles. The second-order valence-corrected chi connectivity index (χ2v) is 8.35. The van der Waals surface area contributed by atoms with Crippen LogP contribution in [0.3, 0.4) is 0 Å². The van der Waals surface area contributed by atoms with Crippen LogP contribution in [-0.4, -0.2) is 34.4 Å². The van der Waals surface area contributed by atoms with Gasteiger partial charge in [-0.05, 0) is 48.9 Å². The van der Waals surface area contributed by atoms with Crippen molar-refractivity contribution in [1.82, 2.24) is 9.55 Å². The van der Waals surface area contributed by atoms with Crippen molar-refractivity contribution in [2.24, 2.45) is 0 Å². The van der Waals surface area contributed by atoms with Crippen LogP contribution in [0.4, 0.5) is 11.4 Å². The zero-order valence-electron chi connectivity index (χ0n) is 18.3. The molecule has 9 nitrogen and oxygen atoms in total. The van der Waals surface area contributed by atoms with Gasteiger partial charge in [-0.15, -0.1) is 11.3 Å². The molecule has 2 heterocycles. The van der Waals surface area contributed by atoms with Gasteiger partial charge in [0.15, 0.2) is 0 Å². The van der Waals surface area contributed by atoms with Crippen LogP contribution in [0.25, 0.3) is 10.2 Å². The van der Waals surface area contributed by atoms with E-state index in [2.05, 4.69) is 20.4 Å². The third-order valence-corrected chi connectivity index (χ3v) is 6.26. The van der Waals surface area contributed by atoms with Crippen LogP contribution in [0.5, 0.6) is 0 Å². The van der Waals surface area contributed by atoms with E-state index in [0.29, 0.717) is 37.6 Å². The molecule has 0 saturated carbocycles. The maximum absolute atomic E-state index is 13.1. The fourth-order valence-corrected chi connectivity index (χ4v) is 4.40. The number of ether oxygens (including phenoxy) is 1. The summed E-state index contributed by atoms with van der Waals surface area (Å²) in [6, 6.07) is 15.2. The minimum atomic E-state index is -0.480. The largest absolute Gasteiger partial charge is 0.465 e. The molecule has 0 saturated heterocycles. The molecule has 172 valence electrons. The standard InChI is InChI=1S/C24H20N4O5S/c1-14-19-22(34-20(14)21(30)27-16-6-4-3-5-7-16)25-13-28(23(19)31)12-18(29)26-17-10-8-15(9-11-17)24(32)33-2/h3-11,13H,12H2,1-2H3,(H,26,29)(H,27,30). The first-order chi connectivity index (χ1) is 16.4. The SMILES string of the molecule is COC(=O)c1ccc(NC(=O)Cn2cnc3sc(C(=O)Nc4ccccc4)c(C)c3c2=O)cc1. The number of rotatable bonds is 6. The fourth-order valence-electron chi connectivity index (χ4n) is 3.36. The van der Waals surface area contributed by atoms with Crippen molar-refractivity contribution in [3.8, 4) is 0 Å². The number of aromatic nitrogens is 2. The van der Waals surface area contributed by atoms with Crippen LogP contribution in [0.2, 0.25) is 0 Å². The summed E-state index contributed by atoms with van der Waals surface area (Å²) in [5, 5.41) is 5.79. The number of esters is 1. The van der Waals surface area contributed by atoms with E-state index >= 15 is 0 Å². The van der Waals surface area contributed by atoms with E-state index in [0.717, 1.165) is 11.3 Å². The number of thiophene rings is 1. The number of benzene rings is 2. The van der Waals surface area contributed by atoms with E-state index in [4.69, 9.17) is 0 Å². The number of aryl methyl sites for hydroxylation is 1. The van der Waals surface area contributed by atoms with E-state index in [1.807, 2.05) is 18.2 Å². The maximum atomic E-state index is 13.1. The Labute approximate surface area is 198 Å². The summed E-state index contributed by atoms with van der Waals surface area (Å²) >= 11 is 1.13. The van der Waals surface area contributed by atoms with E-state index in [-0.39, 0.29) is 12.5 Å². The lowest BCUT2D eigenvalue weighted by Crippen LogP contribution is -2.28. The van der Waals surface area contributed by atoms with Crippen molar-refractivity contribution in [1.29, 1.82) is 0 Å². The summed E-state index contributed by atoms with van der Waals surface area (Å²) in [4.78, 5) is 54.9. The number of nitrogens with zero attached hydrogens (tertiary/aromatic N) is 2. The molecule has 0 radical (unpaired) electrons. The summed E-state index contributed by atoms with van der Waals surface area (Å²) in [6.07, 6.45) is 1.29. The van der Waals surface area contributed by atoms with E-state index in [1.165, 1.54) is 30.1 Å². The second kappa shape index (κ2) is 9.67. The Morgan fingerprint density at radius 1 is 1.00 bits per heavy atom. The van der Waals surface area contributed by atoms with E-state index in [1.54, 1.807) is 31.2 Å². The van der Waals surface area contributed by atoms with Gasteiger partial charge >= 0.3 is 5.97 Å². The lowest BCUT2D eigenvalue weighted by Gasteiger charge is -2.08. The minimum Gasteiger partial charge on any atom is -0.465 e. The van der Waals surface area contributed by atoms with Crippen LogP contribution >= 0.6 is 11.3 Å². The van der Waals surface area contributed by atoms with Crippen molar-refractivity contribution in [2.75, 3.05) is 17.7 Å². The molecular formula is C24H20N4O5S. The summed E-state index contributed by atoms with van der Waals surface area (Å²) < 4.78 is 5.84. The molecule has 2 aromatic heterocycles. The fraction of sp³-hybridized carbons (Fsp3) is 0.125. The third kappa shape index (κ3) is 4.71. The normalized spacial score (nSPS) is 10.6.